The normalized spacial score (nSPS) is 11.7. The van der Waals surface area contributed by atoms with E-state index in [9.17, 15) is 14.7 Å². The average molecular weight is 399 g/mol. The summed E-state index contributed by atoms with van der Waals surface area (Å²) in [7, 11) is 0. The third-order valence-corrected chi connectivity index (χ3v) is 4.45. The van der Waals surface area contributed by atoms with Gasteiger partial charge in [0.05, 0.1) is 0 Å². The number of nitrogens with two attached hydrogens (primary N) is 1. The molecule has 0 saturated carbocycles. The van der Waals surface area contributed by atoms with Crippen molar-refractivity contribution in [1.29, 1.82) is 0 Å². The smallest absolute Gasteiger partial charge is 0.337 e. The summed E-state index contributed by atoms with van der Waals surface area (Å²) in [4.78, 5) is 24.4. The zero-order chi connectivity index (χ0) is 22.0. The van der Waals surface area contributed by atoms with Crippen LogP contribution in [0.15, 0.2) is 36.4 Å². The molecule has 0 saturated heterocycles. The number of rotatable bonds is 2. The van der Waals surface area contributed by atoms with Gasteiger partial charge in [-0.1, -0.05) is 41.5 Å². The highest BCUT2D eigenvalue weighted by Crippen LogP contribution is 2.40. The molecule has 2 aromatic rings. The van der Waals surface area contributed by atoms with Crippen LogP contribution in [0.5, 0.6) is 5.75 Å². The standard InChI is InChI=1S/C22H30N4O3/c1-21(2,3)16-11-15(12-17(18(16)27)22(4,5)6)24-20(29)26-25-19(28)13-7-9-14(23)10-8-13/h7-12,27H,23H2,1-6H3,(H,25,28)(H2,24,26,29). The van der Waals surface area contributed by atoms with Gasteiger partial charge in [-0.15, -0.1) is 0 Å². The molecule has 0 bridgehead atoms. The minimum Gasteiger partial charge on any atom is -0.507 e. The molecule has 6 N–H and O–H groups in total. The van der Waals surface area contributed by atoms with Crippen LogP contribution in [0.4, 0.5) is 16.2 Å². The van der Waals surface area contributed by atoms with Crippen LogP contribution in [-0.4, -0.2) is 17.0 Å². The predicted molar refractivity (Wildman–Crippen MR) is 116 cm³/mol. The van der Waals surface area contributed by atoms with Crippen molar-refractivity contribution in [1.82, 2.24) is 10.9 Å². The van der Waals surface area contributed by atoms with E-state index >= 15 is 0 Å². The Morgan fingerprint density at radius 1 is 0.862 bits per heavy atom. The molecule has 0 aliphatic heterocycles. The third kappa shape index (κ3) is 5.63. The molecule has 7 heteroatoms. The Hall–Kier alpha value is -3.22. The van der Waals surface area contributed by atoms with Gasteiger partial charge in [0.2, 0.25) is 0 Å². The van der Waals surface area contributed by atoms with Crippen LogP contribution < -0.4 is 21.9 Å². The molecule has 29 heavy (non-hydrogen) atoms. The highest BCUT2D eigenvalue weighted by Gasteiger charge is 2.26. The van der Waals surface area contributed by atoms with Crippen LogP contribution in [-0.2, 0) is 10.8 Å². The number of amides is 3. The Morgan fingerprint density at radius 2 is 1.34 bits per heavy atom. The van der Waals surface area contributed by atoms with Crippen LogP contribution in [0.25, 0.3) is 0 Å². The number of benzene rings is 2. The fourth-order valence-corrected chi connectivity index (χ4v) is 2.83. The number of nitrogens with one attached hydrogen (secondary N) is 3. The third-order valence-electron chi connectivity index (χ3n) is 4.45. The van der Waals surface area contributed by atoms with E-state index in [0.29, 0.717) is 16.9 Å². The van der Waals surface area contributed by atoms with Crippen molar-refractivity contribution >= 4 is 23.3 Å². The Labute approximate surface area is 171 Å². The number of urea groups is 1. The quantitative estimate of drug-likeness (QED) is 0.298. The Balaban J connectivity index is 2.17. The molecule has 0 radical (unpaired) electrons. The van der Waals surface area contributed by atoms with Gasteiger partial charge in [-0.2, -0.15) is 0 Å². The molecule has 0 fully saturated rings. The van der Waals surface area contributed by atoms with Crippen molar-refractivity contribution in [3.63, 3.8) is 0 Å². The van der Waals surface area contributed by atoms with E-state index in [1.54, 1.807) is 36.4 Å². The molecule has 2 rings (SSSR count). The summed E-state index contributed by atoms with van der Waals surface area (Å²) in [5.41, 5.74) is 12.5. The number of aromatic hydroxyl groups is 1. The maximum absolute atomic E-state index is 12.3. The van der Waals surface area contributed by atoms with E-state index in [2.05, 4.69) is 16.2 Å². The molecule has 0 unspecified atom stereocenters. The summed E-state index contributed by atoms with van der Waals surface area (Å²) in [6.45, 7) is 11.9. The summed E-state index contributed by atoms with van der Waals surface area (Å²) in [6.07, 6.45) is 0. The topological polar surface area (TPSA) is 116 Å². The number of phenols is 1. The van der Waals surface area contributed by atoms with Crippen LogP contribution in [0.3, 0.4) is 0 Å². The summed E-state index contributed by atoms with van der Waals surface area (Å²) >= 11 is 0. The Bertz CT molecular complexity index is 872. The SMILES string of the molecule is CC(C)(C)c1cc(NC(=O)NNC(=O)c2ccc(N)cc2)cc(C(C)(C)C)c1O. The summed E-state index contributed by atoms with van der Waals surface area (Å²) in [6, 6.07) is 9.23. The highest BCUT2D eigenvalue weighted by atomic mass is 16.3. The number of hydrogen-bond donors (Lipinski definition) is 5. The summed E-state index contributed by atoms with van der Waals surface area (Å²) in [5.74, 6) is -0.232. The largest absolute Gasteiger partial charge is 0.507 e. The number of carbonyl (C=O) groups is 2. The van der Waals surface area contributed by atoms with Crippen molar-refractivity contribution in [2.24, 2.45) is 0 Å². The molecule has 0 atom stereocenters. The van der Waals surface area contributed by atoms with Crippen molar-refractivity contribution in [2.75, 3.05) is 11.1 Å². The van der Waals surface area contributed by atoms with Gasteiger partial charge in [0.25, 0.3) is 5.91 Å². The van der Waals surface area contributed by atoms with Crippen LogP contribution >= 0.6 is 0 Å². The van der Waals surface area contributed by atoms with Gasteiger partial charge in [0.1, 0.15) is 5.75 Å². The van der Waals surface area contributed by atoms with E-state index in [1.165, 1.54) is 0 Å². The molecule has 0 aliphatic rings. The molecule has 7 nitrogen and oxygen atoms in total. The first-order chi connectivity index (χ1) is 13.3. The predicted octanol–water partition coefficient (Wildman–Crippen LogP) is 4.04. The van der Waals surface area contributed by atoms with Crippen molar-refractivity contribution < 1.29 is 14.7 Å². The second-order valence-corrected chi connectivity index (χ2v) is 9.08. The molecule has 156 valence electrons. The number of anilines is 2. The van der Waals surface area contributed by atoms with Crippen molar-refractivity contribution in [3.05, 3.63) is 53.1 Å². The lowest BCUT2D eigenvalue weighted by Crippen LogP contribution is -2.44. The minimum absolute atomic E-state index is 0.229. The number of hydrazine groups is 1. The number of hydrogen-bond acceptors (Lipinski definition) is 4. The summed E-state index contributed by atoms with van der Waals surface area (Å²) < 4.78 is 0. The van der Waals surface area contributed by atoms with Crippen molar-refractivity contribution in [3.8, 4) is 5.75 Å². The maximum atomic E-state index is 12.3. The van der Waals surface area contributed by atoms with Gasteiger partial charge in [0.15, 0.2) is 0 Å². The van der Waals surface area contributed by atoms with Crippen LogP contribution in [0.2, 0.25) is 0 Å². The first-order valence-corrected chi connectivity index (χ1v) is 9.40. The fraction of sp³-hybridized carbons (Fsp3) is 0.364. The lowest BCUT2D eigenvalue weighted by atomic mass is 9.79. The molecule has 3 amide bonds. The minimum atomic E-state index is -0.598. The van der Waals surface area contributed by atoms with Crippen LogP contribution in [0, 0.1) is 0 Å². The molecule has 0 aromatic heterocycles. The van der Waals surface area contributed by atoms with Gasteiger partial charge in [-0.3, -0.25) is 10.2 Å². The van der Waals surface area contributed by atoms with Crippen LogP contribution in [0.1, 0.15) is 63.0 Å². The number of phenolic OH excluding ortho intramolecular Hbond substituents is 1. The fourth-order valence-electron chi connectivity index (χ4n) is 2.83. The van der Waals surface area contributed by atoms with E-state index in [1.807, 2.05) is 41.5 Å². The highest BCUT2D eigenvalue weighted by molar-refractivity contribution is 5.97. The molecule has 0 heterocycles. The lowest BCUT2D eigenvalue weighted by molar-refractivity contribution is 0.0938. The molecular formula is C22H30N4O3. The van der Waals surface area contributed by atoms with Gasteiger partial charge >= 0.3 is 6.03 Å². The van der Waals surface area contributed by atoms with Gasteiger partial charge in [-0.05, 0) is 47.2 Å². The Kier molecular flexibility index (Phi) is 6.11. The monoisotopic (exact) mass is 398 g/mol. The molecular weight excluding hydrogens is 368 g/mol. The number of carbonyl (C=O) groups excluding carboxylic acids is 2. The number of nitrogen functional groups attached to an aromatic ring is 1. The van der Waals surface area contributed by atoms with E-state index in [-0.39, 0.29) is 16.6 Å². The molecule has 0 aliphatic carbocycles. The van der Waals surface area contributed by atoms with E-state index < -0.39 is 11.9 Å². The van der Waals surface area contributed by atoms with E-state index in [0.717, 1.165) is 11.1 Å². The summed E-state index contributed by atoms with van der Waals surface area (Å²) in [5, 5.41) is 13.5. The van der Waals surface area contributed by atoms with Gasteiger partial charge in [0, 0.05) is 28.1 Å². The average Bonchev–Trinajstić information content (AvgIpc) is 2.59. The van der Waals surface area contributed by atoms with E-state index in [4.69, 9.17) is 5.73 Å². The Morgan fingerprint density at radius 3 is 1.79 bits per heavy atom. The zero-order valence-electron chi connectivity index (χ0n) is 17.8. The zero-order valence-corrected chi connectivity index (χ0v) is 17.8. The lowest BCUT2D eigenvalue weighted by Gasteiger charge is -2.28. The van der Waals surface area contributed by atoms with Gasteiger partial charge < -0.3 is 16.2 Å². The maximum Gasteiger partial charge on any atom is 0.337 e. The molecule has 2 aromatic carbocycles. The van der Waals surface area contributed by atoms with Gasteiger partial charge in [-0.25, -0.2) is 10.2 Å². The second-order valence-electron chi connectivity index (χ2n) is 9.08. The van der Waals surface area contributed by atoms with Crippen molar-refractivity contribution in [2.45, 2.75) is 52.4 Å². The second kappa shape index (κ2) is 8.03. The first-order valence-electron chi connectivity index (χ1n) is 9.40. The molecule has 0 spiro atoms. The first kappa shape index (κ1) is 22.1.